The van der Waals surface area contributed by atoms with Crippen molar-refractivity contribution in [2.75, 3.05) is 5.88 Å². The van der Waals surface area contributed by atoms with Gasteiger partial charge in [-0.1, -0.05) is 29.8 Å². The highest BCUT2D eigenvalue weighted by Crippen LogP contribution is 2.23. The summed E-state index contributed by atoms with van der Waals surface area (Å²) in [6.45, 7) is 10.3. The van der Waals surface area contributed by atoms with Crippen LogP contribution >= 0.6 is 11.6 Å². The summed E-state index contributed by atoms with van der Waals surface area (Å²) in [5.41, 5.74) is 1.94. The van der Waals surface area contributed by atoms with Crippen molar-refractivity contribution in [3.05, 3.63) is 41.2 Å². The molecule has 0 spiro atoms. The highest BCUT2D eigenvalue weighted by atomic mass is 35.5. The van der Waals surface area contributed by atoms with Crippen LogP contribution in [-0.2, 0) is 16.9 Å². The molecule has 1 atom stereocenters. The summed E-state index contributed by atoms with van der Waals surface area (Å²) in [6, 6.07) is 7.96. The Morgan fingerprint density at radius 3 is 2.62 bits per heavy atom. The number of nitrogens with zero attached hydrogens (tertiary/aromatic N) is 5. The fourth-order valence-corrected chi connectivity index (χ4v) is 2.52. The van der Waals surface area contributed by atoms with Gasteiger partial charge in [-0.3, -0.25) is 4.79 Å². The summed E-state index contributed by atoms with van der Waals surface area (Å²) >= 11 is 5.80. The molecule has 6 nitrogen and oxygen atoms in total. The van der Waals surface area contributed by atoms with E-state index in [1.165, 1.54) is 0 Å². The molecule has 0 fully saturated rings. The Morgan fingerprint density at radius 1 is 1.38 bits per heavy atom. The van der Waals surface area contributed by atoms with Gasteiger partial charge in [-0.2, -0.15) is 4.80 Å². The predicted octanol–water partition coefficient (Wildman–Crippen LogP) is 3.07. The van der Waals surface area contributed by atoms with Gasteiger partial charge in [0, 0.05) is 0 Å². The second-order valence-electron chi connectivity index (χ2n) is 6.91. The molecule has 1 amide bonds. The van der Waals surface area contributed by atoms with Crippen LogP contribution in [0.5, 0.6) is 0 Å². The molecule has 0 saturated heterocycles. The minimum atomic E-state index is -0.255. The van der Waals surface area contributed by atoms with Crippen LogP contribution in [0, 0.1) is 6.92 Å². The van der Waals surface area contributed by atoms with Crippen LogP contribution in [0.1, 0.15) is 50.7 Å². The number of amides is 1. The van der Waals surface area contributed by atoms with E-state index in [9.17, 15) is 4.79 Å². The molecule has 0 bridgehead atoms. The first kappa shape index (κ1) is 18.4. The van der Waals surface area contributed by atoms with Crippen molar-refractivity contribution in [1.82, 2.24) is 25.1 Å². The molecule has 24 heavy (non-hydrogen) atoms. The van der Waals surface area contributed by atoms with Gasteiger partial charge in [0.15, 0.2) is 5.82 Å². The molecule has 7 heteroatoms. The maximum Gasteiger partial charge on any atom is 0.238 e. The average Bonchev–Trinajstić information content (AvgIpc) is 3.00. The number of aromatic nitrogens is 4. The summed E-state index contributed by atoms with van der Waals surface area (Å²) in [4.78, 5) is 15.6. The van der Waals surface area contributed by atoms with Crippen molar-refractivity contribution in [2.24, 2.45) is 0 Å². The summed E-state index contributed by atoms with van der Waals surface area (Å²) in [6.07, 6.45) is 0. The Morgan fingerprint density at radius 2 is 2.08 bits per heavy atom. The molecule has 0 aliphatic rings. The number of alkyl halides is 1. The second-order valence-corrected chi connectivity index (χ2v) is 7.18. The largest absolute Gasteiger partial charge is 0.327 e. The van der Waals surface area contributed by atoms with Crippen LogP contribution in [0.25, 0.3) is 0 Å². The predicted molar refractivity (Wildman–Crippen MR) is 93.7 cm³/mol. The SMILES string of the molecule is Cc1cccc([C@H](C)N(Cc2nnn(C(C)(C)C)n2)C(=O)CCl)c1. The fourth-order valence-electron chi connectivity index (χ4n) is 2.37. The van der Waals surface area contributed by atoms with E-state index >= 15 is 0 Å². The number of hydrogen-bond donors (Lipinski definition) is 0. The van der Waals surface area contributed by atoms with Crippen molar-refractivity contribution < 1.29 is 4.79 Å². The lowest BCUT2D eigenvalue weighted by molar-refractivity contribution is -0.131. The number of halogens is 1. The van der Waals surface area contributed by atoms with Crippen molar-refractivity contribution in [3.63, 3.8) is 0 Å². The molecule has 0 radical (unpaired) electrons. The van der Waals surface area contributed by atoms with Gasteiger partial charge in [-0.15, -0.1) is 21.8 Å². The quantitative estimate of drug-likeness (QED) is 0.778. The highest BCUT2D eigenvalue weighted by Gasteiger charge is 2.24. The normalized spacial score (nSPS) is 12.9. The van der Waals surface area contributed by atoms with Gasteiger partial charge in [0.2, 0.25) is 5.91 Å². The number of carbonyl (C=O) groups excluding carboxylic acids is 1. The second kappa shape index (κ2) is 7.30. The number of aryl methyl sites for hydroxylation is 1. The zero-order valence-electron chi connectivity index (χ0n) is 14.8. The van der Waals surface area contributed by atoms with Crippen LogP contribution in [-0.4, -0.2) is 36.9 Å². The topological polar surface area (TPSA) is 63.9 Å². The van der Waals surface area contributed by atoms with Gasteiger partial charge in [0.05, 0.1) is 18.1 Å². The van der Waals surface area contributed by atoms with E-state index in [0.717, 1.165) is 11.1 Å². The summed E-state index contributed by atoms with van der Waals surface area (Å²) in [7, 11) is 0. The third kappa shape index (κ3) is 4.32. The van der Waals surface area contributed by atoms with E-state index in [1.54, 1.807) is 9.70 Å². The van der Waals surface area contributed by atoms with Crippen molar-refractivity contribution in [1.29, 1.82) is 0 Å². The van der Waals surface area contributed by atoms with Crippen LogP contribution in [0.4, 0.5) is 0 Å². The third-order valence-corrected chi connectivity index (χ3v) is 4.02. The molecule has 2 rings (SSSR count). The van der Waals surface area contributed by atoms with E-state index in [2.05, 4.69) is 21.5 Å². The first-order chi connectivity index (χ1) is 11.2. The van der Waals surface area contributed by atoms with E-state index < -0.39 is 0 Å². The van der Waals surface area contributed by atoms with Crippen LogP contribution in [0.3, 0.4) is 0 Å². The lowest BCUT2D eigenvalue weighted by Crippen LogP contribution is -2.34. The van der Waals surface area contributed by atoms with Crippen LogP contribution < -0.4 is 0 Å². The molecule has 0 unspecified atom stereocenters. The summed E-state index contributed by atoms with van der Waals surface area (Å²) in [5, 5.41) is 12.5. The summed E-state index contributed by atoms with van der Waals surface area (Å²) < 4.78 is 0. The number of rotatable bonds is 5. The monoisotopic (exact) mass is 349 g/mol. The van der Waals surface area contributed by atoms with Gasteiger partial charge >= 0.3 is 0 Å². The minimum absolute atomic E-state index is 0.0798. The Hall–Kier alpha value is -1.95. The van der Waals surface area contributed by atoms with Crippen molar-refractivity contribution in [3.8, 4) is 0 Å². The number of benzene rings is 1. The Labute approximate surface area is 147 Å². The fraction of sp³-hybridized carbons (Fsp3) is 0.529. The Kier molecular flexibility index (Phi) is 5.59. The van der Waals surface area contributed by atoms with Gasteiger partial charge < -0.3 is 4.90 Å². The van der Waals surface area contributed by atoms with Gasteiger partial charge in [-0.25, -0.2) is 0 Å². The van der Waals surface area contributed by atoms with Crippen molar-refractivity contribution >= 4 is 17.5 Å². The van der Waals surface area contributed by atoms with Gasteiger partial charge in [0.25, 0.3) is 0 Å². The molecule has 130 valence electrons. The summed E-state index contributed by atoms with van der Waals surface area (Å²) in [5.74, 6) is 0.268. The molecule has 1 aromatic carbocycles. The zero-order valence-corrected chi connectivity index (χ0v) is 15.6. The Balaban J connectivity index is 2.26. The Bertz CT molecular complexity index is 707. The third-order valence-electron chi connectivity index (χ3n) is 3.79. The molecule has 2 aromatic rings. The molecular formula is C17H24ClN5O. The average molecular weight is 350 g/mol. The maximum atomic E-state index is 12.3. The molecule has 0 N–H and O–H groups in total. The lowest BCUT2D eigenvalue weighted by atomic mass is 10.0. The molecule has 1 heterocycles. The number of tetrazole rings is 1. The van der Waals surface area contributed by atoms with E-state index in [-0.39, 0.29) is 29.9 Å². The highest BCUT2D eigenvalue weighted by molar-refractivity contribution is 6.27. The first-order valence-corrected chi connectivity index (χ1v) is 8.47. The number of carbonyl (C=O) groups is 1. The minimum Gasteiger partial charge on any atom is -0.327 e. The maximum absolute atomic E-state index is 12.3. The van der Waals surface area contributed by atoms with Gasteiger partial charge in [-0.05, 0) is 45.4 Å². The molecule has 0 aliphatic heterocycles. The van der Waals surface area contributed by atoms with Gasteiger partial charge in [0.1, 0.15) is 5.88 Å². The van der Waals surface area contributed by atoms with E-state index in [0.29, 0.717) is 5.82 Å². The number of hydrogen-bond acceptors (Lipinski definition) is 4. The standard InChI is InChI=1S/C17H24ClN5O/c1-12-7-6-8-14(9-12)13(2)22(16(24)10-18)11-15-19-21-23(20-15)17(3,4)5/h6-9,13H,10-11H2,1-5H3/t13-/m0/s1. The van der Waals surface area contributed by atoms with E-state index in [1.807, 2.05) is 52.8 Å². The molecular weight excluding hydrogens is 326 g/mol. The molecule has 1 aromatic heterocycles. The van der Waals surface area contributed by atoms with E-state index in [4.69, 9.17) is 11.6 Å². The lowest BCUT2D eigenvalue weighted by Gasteiger charge is -2.28. The van der Waals surface area contributed by atoms with Crippen molar-refractivity contribution in [2.45, 2.75) is 52.7 Å². The molecule has 0 aliphatic carbocycles. The van der Waals surface area contributed by atoms with Crippen LogP contribution in [0.15, 0.2) is 24.3 Å². The first-order valence-electron chi connectivity index (χ1n) is 7.93. The zero-order chi connectivity index (χ0) is 17.9. The van der Waals surface area contributed by atoms with Crippen LogP contribution in [0.2, 0.25) is 0 Å². The smallest absolute Gasteiger partial charge is 0.238 e. The molecule has 0 saturated carbocycles.